The Labute approximate surface area is 233 Å². The zero-order valence-electron chi connectivity index (χ0n) is 23.7. The van der Waals surface area contributed by atoms with Crippen molar-refractivity contribution >= 4 is 30.0 Å². The first-order valence-corrected chi connectivity index (χ1v) is 16.0. The van der Waals surface area contributed by atoms with E-state index in [0.717, 1.165) is 25.0 Å². The Hall–Kier alpha value is -3.37. The van der Waals surface area contributed by atoms with Gasteiger partial charge in [0.2, 0.25) is 5.78 Å². The second-order valence-electron chi connectivity index (χ2n) is 12.6. The van der Waals surface area contributed by atoms with Crippen LogP contribution in [0.4, 0.5) is 0 Å². The second-order valence-corrected chi connectivity index (χ2v) is 16.8. The van der Waals surface area contributed by atoms with Gasteiger partial charge in [-0.3, -0.25) is 4.79 Å². The second kappa shape index (κ2) is 9.37. The van der Waals surface area contributed by atoms with E-state index in [-0.39, 0.29) is 16.7 Å². The molecule has 0 spiro atoms. The van der Waals surface area contributed by atoms with Gasteiger partial charge in [0.25, 0.3) is 0 Å². The molecule has 3 aliphatic carbocycles. The number of allylic oxidation sites excluding steroid dienone is 4. The first-order valence-electron chi connectivity index (χ1n) is 14.1. The molecule has 0 fully saturated rings. The van der Waals surface area contributed by atoms with E-state index in [2.05, 4.69) is 119 Å². The van der Waals surface area contributed by atoms with Crippen molar-refractivity contribution in [3.8, 4) is 5.75 Å². The molecule has 0 radical (unpaired) electrons. The molecule has 200 valence electrons. The molecule has 0 N–H and O–H groups in total. The summed E-state index contributed by atoms with van der Waals surface area (Å²) in [7, 11) is -1.16. The van der Waals surface area contributed by atoms with Gasteiger partial charge in [-0.2, -0.15) is 0 Å². The maximum atomic E-state index is 14.3. The van der Waals surface area contributed by atoms with Gasteiger partial charge in [0.15, 0.2) is 0 Å². The summed E-state index contributed by atoms with van der Waals surface area (Å²) >= 11 is 0. The molecule has 3 aromatic rings. The smallest absolute Gasteiger partial charge is 0.320 e. The van der Waals surface area contributed by atoms with Crippen molar-refractivity contribution in [3.05, 3.63) is 108 Å². The van der Waals surface area contributed by atoms with Crippen molar-refractivity contribution in [2.24, 2.45) is 17.3 Å². The summed E-state index contributed by atoms with van der Waals surface area (Å²) in [6.07, 6.45) is 7.31. The highest BCUT2D eigenvalue weighted by Gasteiger charge is 2.58. The Balaban J connectivity index is 1.44. The van der Waals surface area contributed by atoms with Crippen LogP contribution in [0.2, 0.25) is 5.04 Å². The lowest BCUT2D eigenvalue weighted by atomic mass is 9.60. The summed E-state index contributed by atoms with van der Waals surface area (Å²) in [5.41, 5.74) is 3.57. The molecule has 0 unspecified atom stereocenters. The zero-order valence-corrected chi connectivity index (χ0v) is 24.7. The highest BCUT2D eigenvalue weighted by Crippen LogP contribution is 2.57. The van der Waals surface area contributed by atoms with E-state index in [9.17, 15) is 4.79 Å². The standard InChI is InChI=1S/C35H38O3Si/c1-34(2,3)39(26-12-8-6-9-13-26,27-14-10-7-11-15-27)38-32-23-31-30-18-16-24-22-25(37-5)17-19-28(24)29(30)20-21-35(31,4)33(32)36/h6-15,17,19-20,22-23,30-31H,16,18,21H2,1-5H3/t30-,31-,35+/m0/s1. The Kier molecular flexibility index (Phi) is 6.22. The summed E-state index contributed by atoms with van der Waals surface area (Å²) in [6.45, 7) is 8.95. The SMILES string of the molecule is COc1ccc2c(c1)CC[C@H]1C2=CC[C@@]2(C)C(=O)C(O[Si](c3ccccc3)(c3ccccc3)C(C)(C)C)=C[C@@H]12. The predicted molar refractivity (Wildman–Crippen MR) is 161 cm³/mol. The normalized spacial score (nSPS) is 24.2. The Morgan fingerprint density at radius 2 is 1.56 bits per heavy atom. The van der Waals surface area contributed by atoms with E-state index in [1.807, 2.05) is 0 Å². The Morgan fingerprint density at radius 3 is 2.15 bits per heavy atom. The van der Waals surface area contributed by atoms with E-state index < -0.39 is 13.7 Å². The number of carbonyl (C=O) groups is 1. The van der Waals surface area contributed by atoms with Gasteiger partial charge in [-0.25, -0.2) is 0 Å². The van der Waals surface area contributed by atoms with Gasteiger partial charge in [-0.05, 0) is 75.5 Å². The quantitative estimate of drug-likeness (QED) is 0.341. The minimum atomic E-state index is -2.89. The topological polar surface area (TPSA) is 35.5 Å². The van der Waals surface area contributed by atoms with E-state index in [1.54, 1.807) is 7.11 Å². The molecule has 6 rings (SSSR count). The number of carbonyl (C=O) groups excluding carboxylic acids is 1. The van der Waals surface area contributed by atoms with Gasteiger partial charge in [0.1, 0.15) is 11.5 Å². The van der Waals surface area contributed by atoms with Crippen LogP contribution in [0.5, 0.6) is 5.75 Å². The van der Waals surface area contributed by atoms with Gasteiger partial charge >= 0.3 is 8.32 Å². The number of ketones is 1. The molecule has 3 atom stereocenters. The Morgan fingerprint density at radius 1 is 0.923 bits per heavy atom. The van der Waals surface area contributed by atoms with Crippen molar-refractivity contribution in [1.29, 1.82) is 0 Å². The molecule has 4 heteroatoms. The molecular formula is C35H38O3Si. The summed E-state index contributed by atoms with van der Waals surface area (Å²) < 4.78 is 12.8. The third-order valence-electron chi connectivity index (χ3n) is 9.42. The molecule has 0 heterocycles. The molecule has 3 nitrogen and oxygen atoms in total. The van der Waals surface area contributed by atoms with Crippen LogP contribution in [0.15, 0.2) is 96.8 Å². The fourth-order valence-electron chi connectivity index (χ4n) is 7.35. The number of ether oxygens (including phenoxy) is 1. The van der Waals surface area contributed by atoms with Crippen LogP contribution >= 0.6 is 0 Å². The fraction of sp³-hybridized carbons (Fsp3) is 0.343. The van der Waals surface area contributed by atoms with Crippen LogP contribution in [0.3, 0.4) is 0 Å². The number of hydrogen-bond donors (Lipinski definition) is 0. The molecule has 3 aromatic carbocycles. The minimum absolute atomic E-state index is 0.133. The van der Waals surface area contributed by atoms with E-state index in [4.69, 9.17) is 9.16 Å². The lowest BCUT2D eigenvalue weighted by Crippen LogP contribution is -2.66. The fourth-order valence-corrected chi connectivity index (χ4v) is 11.8. The molecule has 0 saturated heterocycles. The third-order valence-corrected chi connectivity index (χ3v) is 14.3. The van der Waals surface area contributed by atoms with Crippen LogP contribution in [0.25, 0.3) is 5.57 Å². The number of rotatable bonds is 5. The predicted octanol–water partition coefficient (Wildman–Crippen LogP) is 6.71. The molecule has 0 aromatic heterocycles. The largest absolute Gasteiger partial charge is 0.532 e. The van der Waals surface area contributed by atoms with E-state index >= 15 is 0 Å². The summed E-state index contributed by atoms with van der Waals surface area (Å²) in [4.78, 5) is 14.3. The number of benzene rings is 3. The van der Waals surface area contributed by atoms with Crippen LogP contribution in [-0.2, 0) is 15.6 Å². The number of hydrogen-bond acceptors (Lipinski definition) is 3. The zero-order chi connectivity index (χ0) is 27.4. The van der Waals surface area contributed by atoms with Crippen molar-refractivity contribution in [1.82, 2.24) is 0 Å². The van der Waals surface area contributed by atoms with Crippen LogP contribution < -0.4 is 15.1 Å². The van der Waals surface area contributed by atoms with Crippen LogP contribution in [0.1, 0.15) is 51.7 Å². The minimum Gasteiger partial charge on any atom is -0.532 e. The van der Waals surface area contributed by atoms with Crippen molar-refractivity contribution in [3.63, 3.8) is 0 Å². The number of methoxy groups -OCH3 is 1. The summed E-state index contributed by atoms with van der Waals surface area (Å²) in [5, 5.41) is 2.19. The molecule has 0 amide bonds. The summed E-state index contributed by atoms with van der Waals surface area (Å²) in [5.74, 6) is 2.09. The van der Waals surface area contributed by atoms with Crippen LogP contribution in [0, 0.1) is 17.3 Å². The lowest BCUT2D eigenvalue weighted by Gasteiger charge is -2.44. The number of aryl methyl sites for hydroxylation is 1. The highest BCUT2D eigenvalue weighted by atomic mass is 28.4. The molecular weight excluding hydrogens is 496 g/mol. The lowest BCUT2D eigenvalue weighted by molar-refractivity contribution is -0.127. The van der Waals surface area contributed by atoms with E-state index in [0.29, 0.717) is 11.7 Å². The molecule has 3 aliphatic rings. The number of Topliss-reactive ketones (excluding diaryl/α,β-unsaturated/α-hetero) is 1. The van der Waals surface area contributed by atoms with Gasteiger partial charge in [0.05, 0.1) is 7.11 Å². The van der Waals surface area contributed by atoms with Crippen molar-refractivity contribution in [2.75, 3.05) is 7.11 Å². The number of fused-ring (bicyclic) bond motifs is 5. The molecule has 0 saturated carbocycles. The first kappa shape index (κ1) is 25.9. The van der Waals surface area contributed by atoms with Gasteiger partial charge in [-0.15, -0.1) is 0 Å². The molecule has 0 aliphatic heterocycles. The highest BCUT2D eigenvalue weighted by molar-refractivity contribution is 6.99. The first-order chi connectivity index (χ1) is 18.7. The van der Waals surface area contributed by atoms with Gasteiger partial charge in [0, 0.05) is 11.3 Å². The Bertz CT molecular complexity index is 1430. The van der Waals surface area contributed by atoms with Crippen molar-refractivity contribution in [2.45, 2.75) is 52.0 Å². The van der Waals surface area contributed by atoms with Gasteiger partial charge in [-0.1, -0.05) is 101 Å². The van der Waals surface area contributed by atoms with Gasteiger partial charge < -0.3 is 9.16 Å². The van der Waals surface area contributed by atoms with Crippen molar-refractivity contribution < 1.29 is 14.0 Å². The average molecular weight is 535 g/mol. The third kappa shape index (κ3) is 3.95. The maximum Gasteiger partial charge on any atom is 0.320 e. The molecule has 0 bridgehead atoms. The average Bonchev–Trinajstić information content (AvgIpc) is 3.21. The van der Waals surface area contributed by atoms with E-state index in [1.165, 1.54) is 27.1 Å². The maximum absolute atomic E-state index is 14.3. The summed E-state index contributed by atoms with van der Waals surface area (Å²) in [6, 6.07) is 27.6. The van der Waals surface area contributed by atoms with Crippen LogP contribution in [-0.4, -0.2) is 21.2 Å². The monoisotopic (exact) mass is 534 g/mol. The molecule has 39 heavy (non-hydrogen) atoms.